The van der Waals surface area contributed by atoms with Gasteiger partial charge < -0.3 is 4.74 Å². The molecule has 26 heavy (non-hydrogen) atoms. The van der Waals surface area contributed by atoms with Gasteiger partial charge >= 0.3 is 0 Å². The Kier molecular flexibility index (Phi) is 5.02. The van der Waals surface area contributed by atoms with Crippen LogP contribution in [0.3, 0.4) is 0 Å². The van der Waals surface area contributed by atoms with E-state index in [1.807, 2.05) is 48.4 Å². The quantitative estimate of drug-likeness (QED) is 0.704. The Balaban J connectivity index is 1.46. The second-order valence-corrected chi connectivity index (χ2v) is 6.96. The molecule has 0 N–H and O–H groups in total. The summed E-state index contributed by atoms with van der Waals surface area (Å²) in [5.74, 6) is 0. The van der Waals surface area contributed by atoms with Crippen molar-refractivity contribution >= 4 is 11.6 Å². The summed E-state index contributed by atoms with van der Waals surface area (Å²) >= 11 is 6.08. The van der Waals surface area contributed by atoms with E-state index in [-0.39, 0.29) is 6.10 Å². The SMILES string of the molecule is Cn1nccc1CN1CCO[C@@H](c2ccc(-c3cccc(Cl)c3)cn2)C1. The summed E-state index contributed by atoms with van der Waals surface area (Å²) in [6, 6.07) is 14.0. The molecule has 1 aliphatic rings. The molecule has 0 unspecified atom stereocenters. The predicted octanol–water partition coefficient (Wildman–Crippen LogP) is 3.71. The maximum absolute atomic E-state index is 6.08. The fourth-order valence-electron chi connectivity index (χ4n) is 3.25. The summed E-state index contributed by atoms with van der Waals surface area (Å²) in [6.45, 7) is 3.33. The number of aryl methyl sites for hydroxylation is 1. The van der Waals surface area contributed by atoms with Crippen molar-refractivity contribution in [3.63, 3.8) is 0 Å². The Morgan fingerprint density at radius 1 is 1.19 bits per heavy atom. The van der Waals surface area contributed by atoms with Gasteiger partial charge in [-0.05, 0) is 29.8 Å². The Labute approximate surface area is 158 Å². The van der Waals surface area contributed by atoms with E-state index < -0.39 is 0 Å². The zero-order valence-corrected chi connectivity index (χ0v) is 15.4. The number of nitrogens with zero attached hydrogens (tertiary/aromatic N) is 4. The minimum absolute atomic E-state index is 0.00890. The predicted molar refractivity (Wildman–Crippen MR) is 102 cm³/mol. The minimum atomic E-state index is -0.00890. The number of halogens is 1. The Morgan fingerprint density at radius 3 is 2.85 bits per heavy atom. The normalized spacial score (nSPS) is 18.2. The van der Waals surface area contributed by atoms with Crippen LogP contribution < -0.4 is 0 Å². The maximum Gasteiger partial charge on any atom is 0.112 e. The molecule has 3 heterocycles. The standard InChI is InChI=1S/C20H21ClN4O/c1-24-18(7-8-23-24)13-25-9-10-26-20(14-25)19-6-5-16(12-22-19)15-3-2-4-17(21)11-15/h2-8,11-12,20H,9-10,13-14H2,1H3/t20-/m1/s1. The number of hydrogen-bond donors (Lipinski definition) is 0. The van der Waals surface area contributed by atoms with Gasteiger partial charge in [0.05, 0.1) is 18.0 Å². The molecule has 4 rings (SSSR count). The van der Waals surface area contributed by atoms with Crippen molar-refractivity contribution in [3.05, 3.63) is 71.3 Å². The lowest BCUT2D eigenvalue weighted by Crippen LogP contribution is -2.38. The molecule has 0 radical (unpaired) electrons. The van der Waals surface area contributed by atoms with Gasteiger partial charge in [0.1, 0.15) is 6.10 Å². The van der Waals surface area contributed by atoms with Gasteiger partial charge in [-0.1, -0.05) is 29.8 Å². The summed E-state index contributed by atoms with van der Waals surface area (Å²) in [5, 5.41) is 4.97. The van der Waals surface area contributed by atoms with Crippen LogP contribution in [-0.4, -0.2) is 39.4 Å². The molecule has 1 aromatic carbocycles. The molecule has 134 valence electrons. The Bertz CT molecular complexity index is 878. The van der Waals surface area contributed by atoms with Crippen molar-refractivity contribution in [1.29, 1.82) is 0 Å². The molecule has 3 aromatic rings. The zero-order valence-electron chi connectivity index (χ0n) is 14.7. The van der Waals surface area contributed by atoms with Crippen LogP contribution in [0.2, 0.25) is 5.02 Å². The molecule has 1 saturated heterocycles. The maximum atomic E-state index is 6.08. The lowest BCUT2D eigenvalue weighted by atomic mass is 10.1. The molecular weight excluding hydrogens is 348 g/mol. The first-order chi connectivity index (χ1) is 12.7. The fourth-order valence-corrected chi connectivity index (χ4v) is 3.44. The van der Waals surface area contributed by atoms with Gasteiger partial charge in [0.2, 0.25) is 0 Å². The summed E-state index contributed by atoms with van der Waals surface area (Å²) in [4.78, 5) is 7.03. The number of aromatic nitrogens is 3. The molecule has 0 spiro atoms. The van der Waals surface area contributed by atoms with E-state index in [9.17, 15) is 0 Å². The van der Waals surface area contributed by atoms with Gasteiger partial charge in [0.15, 0.2) is 0 Å². The van der Waals surface area contributed by atoms with Crippen molar-refractivity contribution in [1.82, 2.24) is 19.7 Å². The van der Waals surface area contributed by atoms with E-state index in [1.165, 1.54) is 5.69 Å². The van der Waals surface area contributed by atoms with Crippen LogP contribution in [-0.2, 0) is 18.3 Å². The van der Waals surface area contributed by atoms with Crippen molar-refractivity contribution in [3.8, 4) is 11.1 Å². The molecule has 2 aromatic heterocycles. The second kappa shape index (κ2) is 7.58. The molecule has 6 heteroatoms. The number of morpholine rings is 1. The van der Waals surface area contributed by atoms with Crippen LogP contribution in [0.25, 0.3) is 11.1 Å². The lowest BCUT2D eigenvalue weighted by Gasteiger charge is -2.32. The third-order valence-corrected chi connectivity index (χ3v) is 4.97. The molecule has 5 nitrogen and oxygen atoms in total. The highest BCUT2D eigenvalue weighted by atomic mass is 35.5. The van der Waals surface area contributed by atoms with Crippen LogP contribution in [0.1, 0.15) is 17.5 Å². The summed E-state index contributed by atoms with van der Waals surface area (Å²) in [5.41, 5.74) is 4.29. The van der Waals surface area contributed by atoms with E-state index in [4.69, 9.17) is 16.3 Å². The van der Waals surface area contributed by atoms with Crippen molar-refractivity contribution < 1.29 is 4.74 Å². The summed E-state index contributed by atoms with van der Waals surface area (Å²) < 4.78 is 7.88. The second-order valence-electron chi connectivity index (χ2n) is 6.52. The van der Waals surface area contributed by atoms with E-state index >= 15 is 0 Å². The molecule has 1 aliphatic heterocycles. The van der Waals surface area contributed by atoms with Gasteiger partial charge in [-0.25, -0.2) is 0 Å². The molecular formula is C20H21ClN4O. The molecule has 0 saturated carbocycles. The van der Waals surface area contributed by atoms with E-state index in [2.05, 4.69) is 33.2 Å². The monoisotopic (exact) mass is 368 g/mol. The summed E-state index contributed by atoms with van der Waals surface area (Å²) in [7, 11) is 1.98. The number of rotatable bonds is 4. The number of hydrogen-bond acceptors (Lipinski definition) is 4. The first-order valence-electron chi connectivity index (χ1n) is 8.72. The van der Waals surface area contributed by atoms with Crippen molar-refractivity contribution in [2.75, 3.05) is 19.7 Å². The smallest absolute Gasteiger partial charge is 0.112 e. The third-order valence-electron chi connectivity index (χ3n) is 4.73. The molecule has 0 amide bonds. The van der Waals surface area contributed by atoms with Crippen LogP contribution in [0, 0.1) is 0 Å². The van der Waals surface area contributed by atoms with E-state index in [0.717, 1.165) is 41.5 Å². The first-order valence-corrected chi connectivity index (χ1v) is 9.09. The van der Waals surface area contributed by atoms with Gasteiger partial charge in [-0.3, -0.25) is 14.6 Å². The number of pyridine rings is 1. The number of ether oxygens (including phenoxy) is 1. The number of benzene rings is 1. The van der Waals surface area contributed by atoms with Gasteiger partial charge in [-0.15, -0.1) is 0 Å². The van der Waals surface area contributed by atoms with Gasteiger partial charge in [-0.2, -0.15) is 5.10 Å². The average molecular weight is 369 g/mol. The van der Waals surface area contributed by atoms with E-state index in [1.54, 1.807) is 0 Å². The van der Waals surface area contributed by atoms with Crippen LogP contribution in [0.15, 0.2) is 54.9 Å². The Hall–Kier alpha value is -2.21. The molecule has 0 aliphatic carbocycles. The average Bonchev–Trinajstić information content (AvgIpc) is 3.07. The third kappa shape index (κ3) is 3.80. The Morgan fingerprint density at radius 2 is 2.12 bits per heavy atom. The highest BCUT2D eigenvalue weighted by Gasteiger charge is 2.23. The molecule has 1 fully saturated rings. The minimum Gasteiger partial charge on any atom is -0.369 e. The van der Waals surface area contributed by atoms with Crippen molar-refractivity contribution in [2.24, 2.45) is 7.05 Å². The van der Waals surface area contributed by atoms with Crippen LogP contribution >= 0.6 is 11.6 Å². The van der Waals surface area contributed by atoms with Gasteiger partial charge in [0.25, 0.3) is 0 Å². The van der Waals surface area contributed by atoms with Gasteiger partial charge in [0, 0.05) is 49.7 Å². The topological polar surface area (TPSA) is 43.2 Å². The summed E-state index contributed by atoms with van der Waals surface area (Å²) in [6.07, 6.45) is 3.72. The highest BCUT2D eigenvalue weighted by molar-refractivity contribution is 6.30. The fraction of sp³-hybridized carbons (Fsp3) is 0.300. The van der Waals surface area contributed by atoms with Crippen LogP contribution in [0.4, 0.5) is 0 Å². The van der Waals surface area contributed by atoms with Crippen molar-refractivity contribution in [2.45, 2.75) is 12.6 Å². The molecule has 0 bridgehead atoms. The zero-order chi connectivity index (χ0) is 17.9. The molecule has 1 atom stereocenters. The highest BCUT2D eigenvalue weighted by Crippen LogP contribution is 2.26. The van der Waals surface area contributed by atoms with Crippen LogP contribution in [0.5, 0.6) is 0 Å². The largest absolute Gasteiger partial charge is 0.369 e. The first kappa shape index (κ1) is 17.2. The lowest BCUT2D eigenvalue weighted by molar-refractivity contribution is -0.0356. The van der Waals surface area contributed by atoms with E-state index in [0.29, 0.717) is 6.61 Å².